The predicted octanol–water partition coefficient (Wildman–Crippen LogP) is 2.18. The topological polar surface area (TPSA) is 49.4 Å². The van der Waals surface area contributed by atoms with Gasteiger partial charge >= 0.3 is 0 Å². The largest absolute Gasteiger partial charge is 0.342 e. The van der Waals surface area contributed by atoms with Crippen molar-refractivity contribution in [3.8, 4) is 0 Å². The number of thioether (sulfide) groups is 1. The first-order valence-corrected chi connectivity index (χ1v) is 9.01. The van der Waals surface area contributed by atoms with Crippen LogP contribution in [0.5, 0.6) is 0 Å². The summed E-state index contributed by atoms with van der Waals surface area (Å²) in [6.45, 7) is 4.89. The Bertz CT molecular complexity index is 367. The van der Waals surface area contributed by atoms with E-state index in [2.05, 4.69) is 19.2 Å². The average molecular weight is 298 g/mol. The molecule has 0 aromatic rings. The number of piperazine rings is 1. The molecule has 114 valence electrons. The molecule has 0 radical (unpaired) electrons. The van der Waals surface area contributed by atoms with Gasteiger partial charge in [-0.1, -0.05) is 33.1 Å². The molecule has 0 bridgehead atoms. The average Bonchev–Trinajstić information content (AvgIpc) is 2.91. The first-order valence-electron chi connectivity index (χ1n) is 7.86. The summed E-state index contributed by atoms with van der Waals surface area (Å²) in [7, 11) is 0. The summed E-state index contributed by atoms with van der Waals surface area (Å²) >= 11 is 1.84. The van der Waals surface area contributed by atoms with E-state index in [-0.39, 0.29) is 17.9 Å². The lowest BCUT2D eigenvalue weighted by molar-refractivity contribution is -0.157. The number of hydrogen-bond acceptors (Lipinski definition) is 3. The molecule has 4 nitrogen and oxygen atoms in total. The fourth-order valence-electron chi connectivity index (χ4n) is 3.44. The molecule has 1 aliphatic heterocycles. The van der Waals surface area contributed by atoms with E-state index in [1.165, 1.54) is 0 Å². The molecule has 1 atom stereocenters. The monoisotopic (exact) mass is 298 g/mol. The van der Waals surface area contributed by atoms with Crippen LogP contribution in [0.3, 0.4) is 0 Å². The Kier molecular flexibility index (Phi) is 5.35. The smallest absolute Gasteiger partial charge is 0.246 e. The van der Waals surface area contributed by atoms with Crippen molar-refractivity contribution < 1.29 is 9.59 Å². The molecule has 1 saturated heterocycles. The van der Waals surface area contributed by atoms with Crippen LogP contribution < -0.4 is 5.32 Å². The molecular weight excluding hydrogens is 272 g/mol. The number of carbonyl (C=O) groups excluding carboxylic acids is 2. The van der Waals surface area contributed by atoms with E-state index in [1.807, 2.05) is 16.7 Å². The highest BCUT2D eigenvalue weighted by Gasteiger charge is 2.53. The Balaban J connectivity index is 2.17. The summed E-state index contributed by atoms with van der Waals surface area (Å²) in [5.74, 6) is 2.22. The molecule has 1 heterocycles. The summed E-state index contributed by atoms with van der Waals surface area (Å²) in [5, 5.41) is 2.98. The van der Waals surface area contributed by atoms with Crippen LogP contribution in [0.2, 0.25) is 0 Å². The molecule has 2 fully saturated rings. The second-order valence-electron chi connectivity index (χ2n) is 5.74. The normalized spacial score (nSPS) is 25.3. The zero-order valence-electron chi connectivity index (χ0n) is 12.6. The quantitative estimate of drug-likeness (QED) is 0.765. The fourth-order valence-corrected chi connectivity index (χ4v) is 4.04. The van der Waals surface area contributed by atoms with Crippen molar-refractivity contribution >= 4 is 23.6 Å². The van der Waals surface area contributed by atoms with Crippen LogP contribution in [-0.4, -0.2) is 46.3 Å². The van der Waals surface area contributed by atoms with Gasteiger partial charge < -0.3 is 10.2 Å². The van der Waals surface area contributed by atoms with Gasteiger partial charge in [-0.15, -0.1) is 0 Å². The zero-order chi connectivity index (χ0) is 14.6. The molecule has 1 spiro atoms. The summed E-state index contributed by atoms with van der Waals surface area (Å²) < 4.78 is 0. The van der Waals surface area contributed by atoms with Crippen molar-refractivity contribution in [2.24, 2.45) is 0 Å². The molecule has 1 N–H and O–H groups in total. The number of rotatable bonds is 6. The highest BCUT2D eigenvalue weighted by atomic mass is 32.2. The van der Waals surface area contributed by atoms with Crippen LogP contribution in [-0.2, 0) is 9.59 Å². The van der Waals surface area contributed by atoms with Crippen LogP contribution >= 0.6 is 11.8 Å². The Hall–Kier alpha value is -0.710. The van der Waals surface area contributed by atoms with Gasteiger partial charge in [-0.2, -0.15) is 11.8 Å². The van der Waals surface area contributed by atoms with Crippen LogP contribution in [0, 0.1) is 0 Å². The highest BCUT2D eigenvalue weighted by Crippen LogP contribution is 2.38. The Morgan fingerprint density at radius 1 is 1.30 bits per heavy atom. The molecule has 0 aromatic heterocycles. The van der Waals surface area contributed by atoms with Crippen molar-refractivity contribution in [1.82, 2.24) is 10.2 Å². The van der Waals surface area contributed by atoms with Crippen molar-refractivity contribution in [2.75, 3.05) is 18.1 Å². The number of carbonyl (C=O) groups is 2. The van der Waals surface area contributed by atoms with Gasteiger partial charge in [0.15, 0.2) is 0 Å². The second-order valence-corrected chi connectivity index (χ2v) is 7.13. The number of hydrogen-bond donors (Lipinski definition) is 1. The van der Waals surface area contributed by atoms with E-state index in [4.69, 9.17) is 0 Å². The van der Waals surface area contributed by atoms with E-state index >= 15 is 0 Å². The second kappa shape index (κ2) is 6.83. The third-order valence-corrected chi connectivity index (χ3v) is 5.36. The molecule has 1 aliphatic carbocycles. The van der Waals surface area contributed by atoms with Gasteiger partial charge in [0.25, 0.3) is 0 Å². The lowest BCUT2D eigenvalue weighted by Crippen LogP contribution is -2.70. The first-order chi connectivity index (χ1) is 9.65. The Morgan fingerprint density at radius 2 is 2.00 bits per heavy atom. The molecule has 2 amide bonds. The lowest BCUT2D eigenvalue weighted by atomic mass is 9.88. The molecule has 2 rings (SSSR count). The maximum Gasteiger partial charge on any atom is 0.246 e. The first kappa shape index (κ1) is 15.7. The van der Waals surface area contributed by atoms with E-state index in [9.17, 15) is 9.59 Å². The summed E-state index contributed by atoms with van der Waals surface area (Å²) in [4.78, 5) is 27.2. The van der Waals surface area contributed by atoms with Crippen molar-refractivity contribution in [1.29, 1.82) is 0 Å². The third-order valence-electron chi connectivity index (χ3n) is 4.48. The molecule has 0 aromatic carbocycles. The number of nitrogens with zero attached hydrogens (tertiary/aromatic N) is 1. The number of nitrogens with one attached hydrogen (secondary N) is 1. The van der Waals surface area contributed by atoms with E-state index in [1.54, 1.807) is 0 Å². The maximum atomic E-state index is 12.7. The summed E-state index contributed by atoms with van der Waals surface area (Å²) in [5.41, 5.74) is -0.532. The van der Waals surface area contributed by atoms with E-state index in [0.29, 0.717) is 6.54 Å². The lowest BCUT2D eigenvalue weighted by Gasteiger charge is -2.46. The SMILES string of the molecule is CCCC1NC(=O)C2(CCCC2)N(CCSCC)C1=O. The van der Waals surface area contributed by atoms with Crippen LogP contribution in [0.15, 0.2) is 0 Å². The van der Waals surface area contributed by atoms with Crippen LogP contribution in [0.25, 0.3) is 0 Å². The van der Waals surface area contributed by atoms with Gasteiger partial charge in [0.05, 0.1) is 0 Å². The molecule has 1 saturated carbocycles. The molecule has 2 aliphatic rings. The predicted molar refractivity (Wildman–Crippen MR) is 82.7 cm³/mol. The van der Waals surface area contributed by atoms with Gasteiger partial charge in [-0.3, -0.25) is 9.59 Å². The summed E-state index contributed by atoms with van der Waals surface area (Å²) in [6, 6.07) is -0.301. The minimum atomic E-state index is -0.532. The highest BCUT2D eigenvalue weighted by molar-refractivity contribution is 7.99. The number of amides is 2. The van der Waals surface area contributed by atoms with Gasteiger partial charge in [0, 0.05) is 12.3 Å². The third kappa shape index (κ3) is 2.83. The zero-order valence-corrected chi connectivity index (χ0v) is 13.4. The molecule has 5 heteroatoms. The van der Waals surface area contributed by atoms with Gasteiger partial charge in [0.2, 0.25) is 11.8 Å². The molecular formula is C15H26N2O2S. The summed E-state index contributed by atoms with van der Waals surface area (Å²) in [6.07, 6.45) is 5.44. The van der Waals surface area contributed by atoms with E-state index < -0.39 is 5.54 Å². The van der Waals surface area contributed by atoms with Crippen LogP contribution in [0.1, 0.15) is 52.4 Å². The van der Waals surface area contributed by atoms with Crippen molar-refractivity contribution in [2.45, 2.75) is 64.0 Å². The standard InChI is InChI=1S/C15H26N2O2S/c1-3-7-12-13(18)17(10-11-20-4-2)15(14(19)16-12)8-5-6-9-15/h12H,3-11H2,1-2H3,(H,16,19). The minimum absolute atomic E-state index is 0.0922. The Morgan fingerprint density at radius 3 is 2.60 bits per heavy atom. The minimum Gasteiger partial charge on any atom is -0.342 e. The molecule has 1 unspecified atom stereocenters. The molecule has 20 heavy (non-hydrogen) atoms. The van der Waals surface area contributed by atoms with Crippen molar-refractivity contribution in [3.63, 3.8) is 0 Å². The van der Waals surface area contributed by atoms with Gasteiger partial charge in [-0.05, 0) is 25.0 Å². The van der Waals surface area contributed by atoms with Gasteiger partial charge in [0.1, 0.15) is 11.6 Å². The van der Waals surface area contributed by atoms with Crippen molar-refractivity contribution in [3.05, 3.63) is 0 Å². The Labute approximate surface area is 126 Å². The van der Waals surface area contributed by atoms with E-state index in [0.717, 1.165) is 50.0 Å². The van der Waals surface area contributed by atoms with Gasteiger partial charge in [-0.25, -0.2) is 0 Å². The van der Waals surface area contributed by atoms with Crippen LogP contribution in [0.4, 0.5) is 0 Å². The fraction of sp³-hybridized carbons (Fsp3) is 0.867. The maximum absolute atomic E-state index is 12.7.